The molecule has 236 valence electrons. The molecule has 1 amide bonds. The lowest BCUT2D eigenvalue weighted by atomic mass is 9.81. The summed E-state index contributed by atoms with van der Waals surface area (Å²) >= 11 is 0. The smallest absolute Gasteiger partial charge is 0.255 e. The average Bonchev–Trinajstić information content (AvgIpc) is 3.06. The lowest BCUT2D eigenvalue weighted by molar-refractivity contribution is -0.123. The number of benzene rings is 1. The first-order valence-electron chi connectivity index (χ1n) is 16.1. The number of nitrogens with one attached hydrogen (secondary N) is 1. The van der Waals surface area contributed by atoms with Crippen LogP contribution in [0.15, 0.2) is 41.7 Å². The van der Waals surface area contributed by atoms with Crippen molar-refractivity contribution in [2.24, 2.45) is 5.92 Å². The summed E-state index contributed by atoms with van der Waals surface area (Å²) in [5.41, 5.74) is 5.75. The highest BCUT2D eigenvalue weighted by molar-refractivity contribution is 6.01. The molecule has 0 bridgehead atoms. The quantitative estimate of drug-likeness (QED) is 0.406. The van der Waals surface area contributed by atoms with Crippen molar-refractivity contribution in [3.63, 3.8) is 0 Å². The molecule has 1 atom stereocenters. The van der Waals surface area contributed by atoms with Gasteiger partial charge in [0.05, 0.1) is 43.5 Å². The summed E-state index contributed by atoms with van der Waals surface area (Å²) < 4.78 is 16.9. The Morgan fingerprint density at radius 3 is 2.70 bits per heavy atom. The predicted octanol–water partition coefficient (Wildman–Crippen LogP) is 3.90. The Labute approximate surface area is 260 Å². The lowest BCUT2D eigenvalue weighted by Gasteiger charge is -2.37. The van der Waals surface area contributed by atoms with E-state index < -0.39 is 0 Å². The standard InChI is InChI=1S/C34H45N5O5/c1-37-23-31(40)28(26-7-3-4-8-29(26)37)22-36-34(41)27-19-25(24-9-10-32(35-21-24)39-12-16-43-17-13-39)20-30-33(27)44-18-14-38(30)11-5-6-15-42-2/h9-10,19-21,28H,3-8,11-18,22-23H2,1-2H3,(H,36,41). The molecule has 3 aliphatic heterocycles. The number of likely N-dealkylation sites (N-methyl/N-ethyl adjacent to an activating group) is 1. The number of amides is 1. The normalized spacial score (nSPS) is 20.3. The fourth-order valence-corrected chi connectivity index (χ4v) is 6.92. The van der Waals surface area contributed by atoms with Crippen LogP contribution in [-0.4, -0.2) is 101 Å². The Bertz CT molecular complexity index is 1370. The Morgan fingerprint density at radius 1 is 1.07 bits per heavy atom. The summed E-state index contributed by atoms with van der Waals surface area (Å²) in [5, 5.41) is 3.14. The molecule has 1 aromatic heterocycles. The highest BCUT2D eigenvalue weighted by Crippen LogP contribution is 2.40. The molecule has 0 spiro atoms. The monoisotopic (exact) mass is 603 g/mol. The minimum absolute atomic E-state index is 0.175. The zero-order valence-corrected chi connectivity index (χ0v) is 26.1. The summed E-state index contributed by atoms with van der Waals surface area (Å²) in [6.07, 6.45) is 7.99. The van der Waals surface area contributed by atoms with E-state index in [1.165, 1.54) is 11.3 Å². The number of unbranched alkanes of at least 4 members (excludes halogenated alkanes) is 1. The number of ether oxygens (including phenoxy) is 3. The van der Waals surface area contributed by atoms with Gasteiger partial charge in [0, 0.05) is 64.4 Å². The first kappa shape index (κ1) is 30.4. The van der Waals surface area contributed by atoms with Crippen molar-refractivity contribution < 1.29 is 23.8 Å². The minimum Gasteiger partial charge on any atom is -0.489 e. The zero-order chi connectivity index (χ0) is 30.5. The van der Waals surface area contributed by atoms with Crippen LogP contribution in [0.5, 0.6) is 5.75 Å². The number of anilines is 2. The topological polar surface area (TPSA) is 96.5 Å². The third-order valence-electron chi connectivity index (χ3n) is 9.32. The van der Waals surface area contributed by atoms with E-state index in [9.17, 15) is 9.59 Å². The molecule has 2 aromatic rings. The Balaban J connectivity index is 1.28. The van der Waals surface area contributed by atoms with Gasteiger partial charge in [-0.2, -0.15) is 0 Å². The first-order chi connectivity index (χ1) is 21.5. The molecular formula is C34H45N5O5. The van der Waals surface area contributed by atoms with Gasteiger partial charge < -0.3 is 34.2 Å². The van der Waals surface area contributed by atoms with Gasteiger partial charge in [-0.3, -0.25) is 9.59 Å². The fraction of sp³-hybridized carbons (Fsp3) is 0.559. The number of nitrogens with zero attached hydrogens (tertiary/aromatic N) is 4. The molecule has 1 saturated heterocycles. The Kier molecular flexibility index (Phi) is 9.66. The lowest BCUT2D eigenvalue weighted by Crippen LogP contribution is -2.44. The van der Waals surface area contributed by atoms with Gasteiger partial charge in [0.15, 0.2) is 11.5 Å². The number of hydrogen-bond donors (Lipinski definition) is 1. The van der Waals surface area contributed by atoms with Crippen molar-refractivity contribution in [3.8, 4) is 16.9 Å². The number of morpholine rings is 1. The number of rotatable bonds is 10. The van der Waals surface area contributed by atoms with Crippen molar-refractivity contribution in [1.29, 1.82) is 0 Å². The second-order valence-electron chi connectivity index (χ2n) is 12.2. The van der Waals surface area contributed by atoms with Crippen molar-refractivity contribution in [2.75, 3.05) is 89.7 Å². The van der Waals surface area contributed by atoms with Gasteiger partial charge in [-0.05, 0) is 73.9 Å². The van der Waals surface area contributed by atoms with Crippen LogP contribution in [0.4, 0.5) is 11.5 Å². The van der Waals surface area contributed by atoms with Crippen LogP contribution in [0.3, 0.4) is 0 Å². The third kappa shape index (κ3) is 6.56. The average molecular weight is 604 g/mol. The SMILES string of the molecule is COCCCCN1CCOc2c(C(=O)NCC3C(=O)CN(C)C4=C3CCCC4)cc(-c3ccc(N4CCOCC4)nc3)cc21. The van der Waals surface area contributed by atoms with Gasteiger partial charge in [0.2, 0.25) is 0 Å². The largest absolute Gasteiger partial charge is 0.489 e. The highest BCUT2D eigenvalue weighted by atomic mass is 16.5. The van der Waals surface area contributed by atoms with Crippen LogP contribution < -0.4 is 19.9 Å². The molecule has 1 N–H and O–H groups in total. The molecule has 1 unspecified atom stereocenters. The molecule has 1 aromatic carbocycles. The van der Waals surface area contributed by atoms with Crippen LogP contribution in [0.25, 0.3) is 11.1 Å². The third-order valence-corrected chi connectivity index (χ3v) is 9.32. The molecule has 44 heavy (non-hydrogen) atoms. The minimum atomic E-state index is -0.264. The van der Waals surface area contributed by atoms with E-state index in [1.807, 2.05) is 25.4 Å². The maximum atomic E-state index is 13.9. The van der Waals surface area contributed by atoms with Gasteiger partial charge >= 0.3 is 0 Å². The molecule has 4 aliphatic rings. The molecule has 0 radical (unpaired) electrons. The van der Waals surface area contributed by atoms with E-state index >= 15 is 0 Å². The van der Waals surface area contributed by atoms with E-state index in [0.29, 0.717) is 44.2 Å². The van der Waals surface area contributed by atoms with Crippen molar-refractivity contribution >= 4 is 23.2 Å². The molecule has 1 fully saturated rings. The van der Waals surface area contributed by atoms with Crippen LogP contribution in [0.2, 0.25) is 0 Å². The summed E-state index contributed by atoms with van der Waals surface area (Å²) in [6.45, 7) is 6.59. The number of aromatic nitrogens is 1. The molecule has 10 heteroatoms. The number of methoxy groups -OCH3 is 1. The first-order valence-corrected chi connectivity index (χ1v) is 16.1. The second kappa shape index (κ2) is 14.0. The van der Waals surface area contributed by atoms with Gasteiger partial charge in [-0.15, -0.1) is 0 Å². The fourth-order valence-electron chi connectivity index (χ4n) is 6.92. The summed E-state index contributed by atoms with van der Waals surface area (Å²) in [7, 11) is 3.73. The van der Waals surface area contributed by atoms with Crippen LogP contribution in [-0.2, 0) is 14.3 Å². The summed E-state index contributed by atoms with van der Waals surface area (Å²) in [6, 6.07) is 8.14. The molecule has 6 rings (SSSR count). The molecule has 10 nitrogen and oxygen atoms in total. The number of fused-ring (bicyclic) bond motifs is 1. The predicted molar refractivity (Wildman–Crippen MR) is 170 cm³/mol. The molecule has 4 heterocycles. The number of ketones is 1. The number of carbonyl (C=O) groups is 2. The van der Waals surface area contributed by atoms with Crippen LogP contribution in [0, 0.1) is 5.92 Å². The second-order valence-corrected chi connectivity index (χ2v) is 12.2. The Morgan fingerprint density at radius 2 is 1.91 bits per heavy atom. The molecule has 1 aliphatic carbocycles. The molecular weight excluding hydrogens is 558 g/mol. The van der Waals surface area contributed by atoms with Crippen LogP contribution >= 0.6 is 0 Å². The Hall–Kier alpha value is -3.63. The number of allylic oxidation sites excluding steroid dienone is 1. The maximum Gasteiger partial charge on any atom is 0.255 e. The summed E-state index contributed by atoms with van der Waals surface area (Å²) in [4.78, 5) is 38.5. The van der Waals surface area contributed by atoms with Gasteiger partial charge in [0.1, 0.15) is 12.4 Å². The number of hydrogen-bond acceptors (Lipinski definition) is 9. The van der Waals surface area contributed by atoms with Gasteiger partial charge in [-0.25, -0.2) is 4.98 Å². The maximum absolute atomic E-state index is 13.9. The van der Waals surface area contributed by atoms with E-state index in [0.717, 1.165) is 93.9 Å². The zero-order valence-electron chi connectivity index (χ0n) is 26.1. The van der Waals surface area contributed by atoms with Crippen LogP contribution in [0.1, 0.15) is 48.9 Å². The van der Waals surface area contributed by atoms with Crippen molar-refractivity contribution in [1.82, 2.24) is 15.2 Å². The van der Waals surface area contributed by atoms with Gasteiger partial charge in [-0.1, -0.05) is 0 Å². The van der Waals surface area contributed by atoms with E-state index in [1.54, 1.807) is 7.11 Å². The van der Waals surface area contributed by atoms with Crippen molar-refractivity contribution in [3.05, 3.63) is 47.3 Å². The van der Waals surface area contributed by atoms with Crippen molar-refractivity contribution in [2.45, 2.75) is 38.5 Å². The number of pyridine rings is 1. The van der Waals surface area contributed by atoms with Gasteiger partial charge in [0.25, 0.3) is 5.91 Å². The van der Waals surface area contributed by atoms with E-state index in [2.05, 4.69) is 32.1 Å². The molecule has 0 saturated carbocycles. The van der Waals surface area contributed by atoms with E-state index in [4.69, 9.17) is 19.2 Å². The number of Topliss-reactive ketones (excluding diaryl/α,β-unsaturated/α-hetero) is 1. The summed E-state index contributed by atoms with van der Waals surface area (Å²) in [5.74, 6) is 1.23. The highest BCUT2D eigenvalue weighted by Gasteiger charge is 2.34. The number of carbonyl (C=O) groups excluding carboxylic acids is 2. The van der Waals surface area contributed by atoms with E-state index in [-0.39, 0.29) is 17.6 Å².